The van der Waals surface area contributed by atoms with Gasteiger partial charge in [-0.3, -0.25) is 9.59 Å². The summed E-state index contributed by atoms with van der Waals surface area (Å²) in [4.78, 5) is 24.4. The SMILES string of the molecule is O=C(COC(=O)C1CCCN1S(=O)(=O)c1ccc(Cl)cc1)Nc1ccc(Cl)cc1F. The van der Waals surface area contributed by atoms with E-state index >= 15 is 0 Å². The third kappa shape index (κ3) is 5.10. The molecular weight excluding hydrogens is 458 g/mol. The number of hydrogen-bond donors (Lipinski definition) is 1. The van der Waals surface area contributed by atoms with Gasteiger partial charge in [0, 0.05) is 16.6 Å². The first kappa shape index (κ1) is 22.5. The highest BCUT2D eigenvalue weighted by molar-refractivity contribution is 7.89. The molecule has 1 aliphatic heterocycles. The van der Waals surface area contributed by atoms with Crippen molar-refractivity contribution in [2.75, 3.05) is 18.5 Å². The van der Waals surface area contributed by atoms with Crippen molar-refractivity contribution in [3.05, 3.63) is 58.3 Å². The van der Waals surface area contributed by atoms with Gasteiger partial charge >= 0.3 is 5.97 Å². The molecule has 0 aromatic heterocycles. The van der Waals surface area contributed by atoms with Crippen LogP contribution >= 0.6 is 23.2 Å². The number of sulfonamides is 1. The number of hydrogen-bond acceptors (Lipinski definition) is 5. The van der Waals surface area contributed by atoms with E-state index in [-0.39, 0.29) is 28.6 Å². The number of esters is 1. The van der Waals surface area contributed by atoms with Gasteiger partial charge in [0.25, 0.3) is 5.91 Å². The van der Waals surface area contributed by atoms with Gasteiger partial charge in [-0.1, -0.05) is 23.2 Å². The van der Waals surface area contributed by atoms with Crippen molar-refractivity contribution in [1.82, 2.24) is 4.31 Å². The number of carbonyl (C=O) groups is 2. The zero-order chi connectivity index (χ0) is 21.9. The molecule has 3 rings (SSSR count). The van der Waals surface area contributed by atoms with Crippen molar-refractivity contribution in [2.45, 2.75) is 23.8 Å². The van der Waals surface area contributed by atoms with E-state index in [1.54, 1.807) is 0 Å². The molecule has 1 aliphatic rings. The van der Waals surface area contributed by atoms with Crippen molar-refractivity contribution >= 4 is 50.8 Å². The summed E-state index contributed by atoms with van der Waals surface area (Å²) >= 11 is 11.4. The minimum Gasteiger partial charge on any atom is -0.454 e. The van der Waals surface area contributed by atoms with Crippen LogP contribution in [0, 0.1) is 5.82 Å². The third-order valence-electron chi connectivity index (χ3n) is 4.45. The average molecular weight is 475 g/mol. The highest BCUT2D eigenvalue weighted by Crippen LogP contribution is 2.27. The van der Waals surface area contributed by atoms with Crippen LogP contribution in [0.2, 0.25) is 10.0 Å². The maximum absolute atomic E-state index is 13.7. The number of amides is 1. The number of rotatable bonds is 6. The zero-order valence-corrected chi connectivity index (χ0v) is 17.8. The average Bonchev–Trinajstić information content (AvgIpc) is 3.19. The molecule has 7 nitrogen and oxygen atoms in total. The Morgan fingerprint density at radius 1 is 1.13 bits per heavy atom. The molecule has 1 amide bonds. The summed E-state index contributed by atoms with van der Waals surface area (Å²) in [5.41, 5.74) is -0.117. The number of benzene rings is 2. The summed E-state index contributed by atoms with van der Waals surface area (Å²) in [5.74, 6) is -2.36. The van der Waals surface area contributed by atoms with Crippen molar-refractivity contribution in [3.8, 4) is 0 Å². The van der Waals surface area contributed by atoms with E-state index in [2.05, 4.69) is 5.32 Å². The molecular formula is C19H17Cl2FN2O5S. The second kappa shape index (κ2) is 9.30. The van der Waals surface area contributed by atoms with E-state index in [9.17, 15) is 22.4 Å². The minimum absolute atomic E-state index is 0.00237. The smallest absolute Gasteiger partial charge is 0.324 e. The Morgan fingerprint density at radius 2 is 1.80 bits per heavy atom. The quantitative estimate of drug-likeness (QED) is 0.646. The monoisotopic (exact) mass is 474 g/mol. The van der Waals surface area contributed by atoms with Crippen molar-refractivity contribution in [2.24, 2.45) is 0 Å². The van der Waals surface area contributed by atoms with E-state index in [0.29, 0.717) is 11.4 Å². The highest BCUT2D eigenvalue weighted by atomic mass is 35.5. The van der Waals surface area contributed by atoms with E-state index in [1.807, 2.05) is 0 Å². The number of nitrogens with zero attached hydrogens (tertiary/aromatic N) is 1. The standard InChI is InChI=1S/C19H17Cl2FN2O5S/c20-12-3-6-14(7-4-12)30(27,28)24-9-1-2-17(24)19(26)29-11-18(25)23-16-8-5-13(21)10-15(16)22/h3-8,10,17H,1-2,9,11H2,(H,23,25). The van der Waals surface area contributed by atoms with Gasteiger partial charge in [-0.15, -0.1) is 0 Å². The molecule has 0 radical (unpaired) electrons. The number of halogens is 3. The van der Waals surface area contributed by atoms with Crippen LogP contribution in [-0.2, 0) is 24.3 Å². The normalized spacial score (nSPS) is 17.0. The molecule has 1 saturated heterocycles. The van der Waals surface area contributed by atoms with E-state index in [1.165, 1.54) is 36.4 Å². The Labute approximate surface area is 182 Å². The molecule has 1 atom stereocenters. The van der Waals surface area contributed by atoms with Gasteiger partial charge in [-0.2, -0.15) is 4.31 Å². The van der Waals surface area contributed by atoms with Crippen LogP contribution in [0.1, 0.15) is 12.8 Å². The van der Waals surface area contributed by atoms with Crippen LogP contribution in [0.5, 0.6) is 0 Å². The summed E-state index contributed by atoms with van der Waals surface area (Å²) in [6.07, 6.45) is 0.730. The molecule has 2 aromatic carbocycles. The molecule has 0 spiro atoms. The van der Waals surface area contributed by atoms with Crippen LogP contribution < -0.4 is 5.32 Å². The number of carbonyl (C=O) groups excluding carboxylic acids is 2. The summed E-state index contributed by atoms with van der Waals surface area (Å²) in [6, 6.07) is 8.24. The molecule has 2 aromatic rings. The lowest BCUT2D eigenvalue weighted by atomic mass is 10.2. The Bertz CT molecular complexity index is 1060. The first-order valence-electron chi connectivity index (χ1n) is 8.87. The lowest BCUT2D eigenvalue weighted by molar-refractivity contribution is -0.150. The predicted molar refractivity (Wildman–Crippen MR) is 109 cm³/mol. The summed E-state index contributed by atoms with van der Waals surface area (Å²) < 4.78 is 45.5. The molecule has 1 fully saturated rings. The minimum atomic E-state index is -3.94. The molecule has 1 heterocycles. The fourth-order valence-corrected chi connectivity index (χ4v) is 4.95. The number of ether oxygens (including phenoxy) is 1. The van der Waals surface area contributed by atoms with Crippen LogP contribution in [-0.4, -0.2) is 43.8 Å². The van der Waals surface area contributed by atoms with Crippen molar-refractivity contribution in [1.29, 1.82) is 0 Å². The van der Waals surface area contributed by atoms with Gasteiger partial charge in [-0.05, 0) is 55.3 Å². The largest absolute Gasteiger partial charge is 0.454 e. The van der Waals surface area contributed by atoms with Crippen LogP contribution in [0.3, 0.4) is 0 Å². The van der Waals surface area contributed by atoms with Crippen LogP contribution in [0.4, 0.5) is 10.1 Å². The van der Waals surface area contributed by atoms with Gasteiger partial charge in [0.1, 0.15) is 11.9 Å². The highest BCUT2D eigenvalue weighted by Gasteiger charge is 2.40. The third-order valence-corrected chi connectivity index (χ3v) is 6.86. The predicted octanol–water partition coefficient (Wildman–Crippen LogP) is 3.47. The van der Waals surface area contributed by atoms with Gasteiger partial charge < -0.3 is 10.1 Å². The Morgan fingerprint density at radius 3 is 2.47 bits per heavy atom. The number of nitrogens with one attached hydrogen (secondary N) is 1. The van der Waals surface area contributed by atoms with E-state index in [0.717, 1.165) is 10.4 Å². The molecule has 11 heteroatoms. The fraction of sp³-hybridized carbons (Fsp3) is 0.263. The van der Waals surface area contributed by atoms with E-state index < -0.39 is 40.4 Å². The lowest BCUT2D eigenvalue weighted by Gasteiger charge is -2.22. The summed E-state index contributed by atoms with van der Waals surface area (Å²) in [6.45, 7) is -0.543. The molecule has 30 heavy (non-hydrogen) atoms. The maximum atomic E-state index is 13.7. The van der Waals surface area contributed by atoms with Gasteiger partial charge in [0.05, 0.1) is 10.6 Å². The van der Waals surface area contributed by atoms with Gasteiger partial charge in [-0.25, -0.2) is 12.8 Å². The fourth-order valence-electron chi connectivity index (χ4n) is 3.02. The Hall–Kier alpha value is -2.20. The zero-order valence-electron chi connectivity index (χ0n) is 15.5. The molecule has 0 saturated carbocycles. The Balaban J connectivity index is 1.63. The summed E-state index contributed by atoms with van der Waals surface area (Å²) in [7, 11) is -3.94. The van der Waals surface area contributed by atoms with Gasteiger partial charge in [0.2, 0.25) is 10.0 Å². The van der Waals surface area contributed by atoms with Crippen molar-refractivity contribution < 1.29 is 27.1 Å². The first-order chi connectivity index (χ1) is 14.2. The van der Waals surface area contributed by atoms with Gasteiger partial charge in [0.15, 0.2) is 6.61 Å². The molecule has 0 bridgehead atoms. The topological polar surface area (TPSA) is 92.8 Å². The maximum Gasteiger partial charge on any atom is 0.324 e. The molecule has 0 aliphatic carbocycles. The second-order valence-electron chi connectivity index (χ2n) is 6.51. The lowest BCUT2D eigenvalue weighted by Crippen LogP contribution is -2.42. The van der Waals surface area contributed by atoms with Crippen molar-refractivity contribution in [3.63, 3.8) is 0 Å². The first-order valence-corrected chi connectivity index (χ1v) is 11.1. The molecule has 1 N–H and O–H groups in total. The summed E-state index contributed by atoms with van der Waals surface area (Å²) in [5, 5.41) is 2.81. The molecule has 1 unspecified atom stereocenters. The second-order valence-corrected chi connectivity index (χ2v) is 9.27. The number of anilines is 1. The Kier molecular flexibility index (Phi) is 6.97. The molecule has 160 valence electrons. The van der Waals surface area contributed by atoms with Crippen LogP contribution in [0.25, 0.3) is 0 Å². The van der Waals surface area contributed by atoms with Crippen LogP contribution in [0.15, 0.2) is 47.4 Å². The van der Waals surface area contributed by atoms with E-state index in [4.69, 9.17) is 27.9 Å².